The molecule has 0 aliphatic carbocycles. The second kappa shape index (κ2) is 6.53. The summed E-state index contributed by atoms with van der Waals surface area (Å²) in [6.45, 7) is 1.19. The van der Waals surface area contributed by atoms with Crippen LogP contribution in [0.4, 0.5) is 18.9 Å². The van der Waals surface area contributed by atoms with Crippen LogP contribution >= 0.6 is 11.6 Å². The largest absolute Gasteiger partial charge is 0.417 e. The molecule has 1 fully saturated rings. The lowest BCUT2D eigenvalue weighted by atomic mass is 10.1. The Bertz CT molecular complexity index is 592. The summed E-state index contributed by atoms with van der Waals surface area (Å²) in [5.74, 6) is -0.790. The van der Waals surface area contributed by atoms with Gasteiger partial charge in [0.15, 0.2) is 6.04 Å². The molecule has 22 heavy (non-hydrogen) atoms. The molecule has 0 saturated carbocycles. The maximum absolute atomic E-state index is 12.7. The van der Waals surface area contributed by atoms with Gasteiger partial charge in [-0.25, -0.2) is 0 Å². The van der Waals surface area contributed by atoms with Gasteiger partial charge in [0.1, 0.15) is 0 Å². The number of carbonyl (C=O) groups excluding carboxylic acids is 2. The van der Waals surface area contributed by atoms with E-state index in [4.69, 9.17) is 11.6 Å². The lowest BCUT2D eigenvalue weighted by Crippen LogP contribution is -2.96. The Labute approximate surface area is 129 Å². The first-order chi connectivity index (χ1) is 10.3. The highest BCUT2D eigenvalue weighted by Gasteiger charge is 2.33. The summed E-state index contributed by atoms with van der Waals surface area (Å²) in [5, 5.41) is 6.26. The van der Waals surface area contributed by atoms with Crippen LogP contribution in [0, 0.1) is 0 Å². The van der Waals surface area contributed by atoms with Crippen molar-refractivity contribution >= 4 is 29.1 Å². The highest BCUT2D eigenvalue weighted by Crippen LogP contribution is 2.36. The lowest BCUT2D eigenvalue weighted by molar-refractivity contribution is -0.678. The Balaban J connectivity index is 2.04. The minimum absolute atomic E-state index is 0.0158. The summed E-state index contributed by atoms with van der Waals surface area (Å²) < 4.78 is 38.2. The maximum Gasteiger partial charge on any atom is 0.417 e. The first kappa shape index (κ1) is 16.6. The van der Waals surface area contributed by atoms with Gasteiger partial charge in [-0.3, -0.25) is 9.59 Å². The number of quaternary nitrogens is 1. The maximum atomic E-state index is 12.7. The number of carbonyl (C=O) groups is 2. The second-order valence-corrected chi connectivity index (χ2v) is 5.27. The molecule has 0 spiro atoms. The van der Waals surface area contributed by atoms with Crippen LogP contribution in [0.3, 0.4) is 0 Å². The third kappa shape index (κ3) is 4.11. The highest BCUT2D eigenvalue weighted by atomic mass is 35.5. The van der Waals surface area contributed by atoms with Crippen molar-refractivity contribution in [1.29, 1.82) is 0 Å². The minimum atomic E-state index is -4.60. The van der Waals surface area contributed by atoms with Crippen LogP contribution in [0.25, 0.3) is 0 Å². The zero-order valence-electron chi connectivity index (χ0n) is 11.3. The van der Waals surface area contributed by atoms with Crippen molar-refractivity contribution in [1.82, 2.24) is 5.32 Å². The molecule has 0 radical (unpaired) electrons. The number of anilines is 1. The van der Waals surface area contributed by atoms with Gasteiger partial charge >= 0.3 is 6.18 Å². The van der Waals surface area contributed by atoms with Gasteiger partial charge in [0.2, 0.25) is 5.91 Å². The molecule has 5 nitrogen and oxygen atoms in total. The summed E-state index contributed by atoms with van der Waals surface area (Å²) in [4.78, 5) is 23.4. The van der Waals surface area contributed by atoms with Crippen molar-refractivity contribution in [3.8, 4) is 0 Å². The zero-order valence-corrected chi connectivity index (χ0v) is 12.1. The molecule has 120 valence electrons. The van der Waals surface area contributed by atoms with E-state index in [9.17, 15) is 22.8 Å². The molecule has 1 aliphatic heterocycles. The molecule has 0 bridgehead atoms. The number of hydrogen-bond acceptors (Lipinski definition) is 2. The SMILES string of the molecule is O=C(C[C@@H]1[NH2+]CCNC1=O)Nc1ccc(Cl)c(C(F)(F)F)c1. The van der Waals surface area contributed by atoms with E-state index in [1.165, 1.54) is 6.07 Å². The molecule has 1 aliphatic rings. The van der Waals surface area contributed by atoms with Crippen LogP contribution in [0.5, 0.6) is 0 Å². The summed E-state index contributed by atoms with van der Waals surface area (Å²) in [7, 11) is 0. The Kier molecular flexibility index (Phi) is 4.92. The van der Waals surface area contributed by atoms with E-state index in [0.29, 0.717) is 13.1 Å². The molecule has 2 amide bonds. The van der Waals surface area contributed by atoms with Crippen molar-refractivity contribution < 1.29 is 28.1 Å². The fourth-order valence-electron chi connectivity index (χ4n) is 2.13. The molecular formula is C13H14ClF3N3O2+. The van der Waals surface area contributed by atoms with Crippen molar-refractivity contribution in [2.45, 2.75) is 18.6 Å². The number of halogens is 4. The molecule has 9 heteroatoms. The first-order valence-electron chi connectivity index (χ1n) is 6.55. The number of alkyl halides is 3. The summed E-state index contributed by atoms with van der Waals surface area (Å²) in [6.07, 6.45) is -4.72. The monoisotopic (exact) mass is 336 g/mol. The predicted molar refractivity (Wildman–Crippen MR) is 73.3 cm³/mol. The highest BCUT2D eigenvalue weighted by molar-refractivity contribution is 6.31. The summed E-state index contributed by atoms with van der Waals surface area (Å²) in [6, 6.07) is 2.55. The van der Waals surface area contributed by atoms with E-state index in [2.05, 4.69) is 10.6 Å². The number of rotatable bonds is 3. The number of hydrogen-bond donors (Lipinski definition) is 3. The van der Waals surface area contributed by atoms with Crippen LogP contribution in [-0.4, -0.2) is 30.9 Å². The Morgan fingerprint density at radius 3 is 2.82 bits per heavy atom. The topological polar surface area (TPSA) is 74.8 Å². The average molecular weight is 337 g/mol. The van der Waals surface area contributed by atoms with Crippen molar-refractivity contribution in [2.24, 2.45) is 0 Å². The van der Waals surface area contributed by atoms with Crippen LogP contribution < -0.4 is 16.0 Å². The number of nitrogens with one attached hydrogen (secondary N) is 2. The third-order valence-electron chi connectivity index (χ3n) is 3.19. The predicted octanol–water partition coefficient (Wildman–Crippen LogP) is 0.749. The average Bonchev–Trinajstić information content (AvgIpc) is 2.42. The molecular weight excluding hydrogens is 323 g/mol. The molecule has 2 rings (SSSR count). The van der Waals surface area contributed by atoms with Crippen molar-refractivity contribution in [3.05, 3.63) is 28.8 Å². The molecule has 1 heterocycles. The van der Waals surface area contributed by atoms with Gasteiger partial charge in [-0.1, -0.05) is 11.6 Å². The molecule has 1 aromatic rings. The van der Waals surface area contributed by atoms with E-state index < -0.39 is 28.7 Å². The first-order valence-corrected chi connectivity index (χ1v) is 6.93. The number of piperazine rings is 1. The van der Waals surface area contributed by atoms with Gasteiger partial charge in [0, 0.05) is 5.69 Å². The Morgan fingerprint density at radius 1 is 1.45 bits per heavy atom. The third-order valence-corrected chi connectivity index (χ3v) is 3.52. The minimum Gasteiger partial charge on any atom is -0.345 e. The fraction of sp³-hybridized carbons (Fsp3) is 0.385. The molecule has 1 aromatic carbocycles. The summed E-state index contributed by atoms with van der Waals surface area (Å²) in [5.41, 5.74) is -1.04. The number of benzene rings is 1. The van der Waals surface area contributed by atoms with Crippen LogP contribution in [-0.2, 0) is 15.8 Å². The van der Waals surface area contributed by atoms with E-state index in [1.54, 1.807) is 5.32 Å². The molecule has 4 N–H and O–H groups in total. The van der Waals surface area contributed by atoms with Crippen LogP contribution in [0.15, 0.2) is 18.2 Å². The van der Waals surface area contributed by atoms with E-state index in [1.807, 2.05) is 0 Å². The number of nitrogens with two attached hydrogens (primary N) is 1. The van der Waals surface area contributed by atoms with Gasteiger partial charge in [-0.05, 0) is 18.2 Å². The standard InChI is InChI=1S/C13H13ClF3N3O2/c14-9-2-1-7(5-8(9)13(15,16)17)20-11(21)6-10-12(22)19-4-3-18-10/h1-2,5,10,18H,3-4,6H2,(H,19,22)(H,20,21)/p+1/t10-/m0/s1. The van der Waals surface area contributed by atoms with Crippen LogP contribution in [0.2, 0.25) is 5.02 Å². The number of amides is 2. The smallest absolute Gasteiger partial charge is 0.345 e. The second-order valence-electron chi connectivity index (χ2n) is 4.87. The Morgan fingerprint density at radius 2 is 2.18 bits per heavy atom. The normalized spacial score (nSPS) is 18.7. The van der Waals surface area contributed by atoms with Gasteiger partial charge in [0.05, 0.1) is 30.1 Å². The molecule has 0 unspecified atom stereocenters. The van der Waals surface area contributed by atoms with Gasteiger partial charge < -0.3 is 16.0 Å². The van der Waals surface area contributed by atoms with Crippen molar-refractivity contribution in [3.63, 3.8) is 0 Å². The van der Waals surface area contributed by atoms with Gasteiger partial charge in [0.25, 0.3) is 5.91 Å². The summed E-state index contributed by atoms with van der Waals surface area (Å²) >= 11 is 5.50. The Hall–Kier alpha value is -1.80. The van der Waals surface area contributed by atoms with Crippen LogP contribution in [0.1, 0.15) is 12.0 Å². The van der Waals surface area contributed by atoms with E-state index in [0.717, 1.165) is 12.1 Å². The fourth-order valence-corrected chi connectivity index (χ4v) is 2.35. The van der Waals surface area contributed by atoms with E-state index >= 15 is 0 Å². The quantitative estimate of drug-likeness (QED) is 0.762. The molecule has 1 atom stereocenters. The molecule has 0 aromatic heterocycles. The zero-order chi connectivity index (χ0) is 16.3. The van der Waals surface area contributed by atoms with Crippen molar-refractivity contribution in [2.75, 3.05) is 18.4 Å². The lowest BCUT2D eigenvalue weighted by Gasteiger charge is -2.20. The molecule has 1 saturated heterocycles. The van der Waals surface area contributed by atoms with Gasteiger partial charge in [-0.15, -0.1) is 0 Å². The van der Waals surface area contributed by atoms with E-state index in [-0.39, 0.29) is 18.0 Å². The van der Waals surface area contributed by atoms with Gasteiger partial charge in [-0.2, -0.15) is 13.2 Å².